The summed E-state index contributed by atoms with van der Waals surface area (Å²) in [6.07, 6.45) is 0. The molecule has 0 aliphatic carbocycles. The van der Waals surface area contributed by atoms with Crippen molar-refractivity contribution in [3.05, 3.63) is 53.6 Å². The number of anilines is 3. The van der Waals surface area contributed by atoms with Crippen molar-refractivity contribution in [3.8, 4) is 6.07 Å². The van der Waals surface area contributed by atoms with E-state index in [0.29, 0.717) is 22.5 Å². The number of carbonyl (C=O) groups is 1. The van der Waals surface area contributed by atoms with Crippen LogP contribution in [0.3, 0.4) is 0 Å². The largest absolute Gasteiger partial charge is 0.465 e. The smallest absolute Gasteiger partial charge is 0.340 e. The Balaban J connectivity index is 2.30. The first kappa shape index (κ1) is 13.4. The highest BCUT2D eigenvalue weighted by molar-refractivity contribution is 5.96. The predicted octanol–water partition coefficient (Wildman–Crippen LogP) is 2.67. The van der Waals surface area contributed by atoms with Gasteiger partial charge >= 0.3 is 5.97 Å². The van der Waals surface area contributed by atoms with Gasteiger partial charge in [0.25, 0.3) is 0 Å². The lowest BCUT2D eigenvalue weighted by Gasteiger charge is -2.10. The Morgan fingerprint density at radius 1 is 1.25 bits per heavy atom. The van der Waals surface area contributed by atoms with Gasteiger partial charge in [0.2, 0.25) is 0 Å². The molecule has 0 heterocycles. The normalized spacial score (nSPS) is 9.60. The number of rotatable bonds is 3. The van der Waals surface area contributed by atoms with Crippen molar-refractivity contribution >= 4 is 23.0 Å². The number of benzene rings is 2. The topological polar surface area (TPSA) is 88.1 Å². The van der Waals surface area contributed by atoms with Crippen LogP contribution in [0.1, 0.15) is 15.9 Å². The molecule has 0 unspecified atom stereocenters. The van der Waals surface area contributed by atoms with Crippen LogP contribution in [0, 0.1) is 11.3 Å². The summed E-state index contributed by atoms with van der Waals surface area (Å²) < 4.78 is 4.67. The fraction of sp³-hybridized carbons (Fsp3) is 0.0667. The Bertz CT molecular complexity index is 690. The van der Waals surface area contributed by atoms with E-state index in [4.69, 9.17) is 11.0 Å². The van der Waals surface area contributed by atoms with E-state index in [9.17, 15) is 4.79 Å². The molecule has 0 spiro atoms. The van der Waals surface area contributed by atoms with Crippen LogP contribution in [0.25, 0.3) is 0 Å². The minimum Gasteiger partial charge on any atom is -0.465 e. The minimum atomic E-state index is -0.489. The molecular formula is C15H13N3O2. The molecule has 5 nitrogen and oxygen atoms in total. The lowest BCUT2D eigenvalue weighted by Crippen LogP contribution is -2.06. The number of nitrogens with two attached hydrogens (primary N) is 1. The average molecular weight is 267 g/mol. The molecule has 0 saturated carbocycles. The predicted molar refractivity (Wildman–Crippen MR) is 76.6 cm³/mol. The van der Waals surface area contributed by atoms with E-state index in [1.807, 2.05) is 6.07 Å². The third kappa shape index (κ3) is 2.87. The summed E-state index contributed by atoms with van der Waals surface area (Å²) >= 11 is 0. The van der Waals surface area contributed by atoms with Crippen molar-refractivity contribution in [1.82, 2.24) is 0 Å². The van der Waals surface area contributed by atoms with E-state index in [1.165, 1.54) is 7.11 Å². The molecule has 2 aromatic rings. The van der Waals surface area contributed by atoms with Crippen LogP contribution in [-0.4, -0.2) is 13.1 Å². The van der Waals surface area contributed by atoms with E-state index in [-0.39, 0.29) is 0 Å². The zero-order chi connectivity index (χ0) is 14.5. The van der Waals surface area contributed by atoms with Crippen LogP contribution >= 0.6 is 0 Å². The summed E-state index contributed by atoms with van der Waals surface area (Å²) in [6.45, 7) is 0. The van der Waals surface area contributed by atoms with Gasteiger partial charge in [-0.3, -0.25) is 0 Å². The summed E-state index contributed by atoms with van der Waals surface area (Å²) in [5.41, 5.74) is 8.39. The lowest BCUT2D eigenvalue weighted by atomic mass is 10.1. The van der Waals surface area contributed by atoms with Crippen molar-refractivity contribution in [2.24, 2.45) is 0 Å². The summed E-state index contributed by atoms with van der Waals surface area (Å²) in [7, 11) is 1.30. The number of hydrogen-bond donors (Lipinski definition) is 2. The Morgan fingerprint density at radius 3 is 2.70 bits per heavy atom. The number of carbonyl (C=O) groups excluding carboxylic acids is 1. The molecule has 0 aliphatic rings. The molecule has 2 rings (SSSR count). The first-order chi connectivity index (χ1) is 9.63. The molecule has 3 N–H and O–H groups in total. The van der Waals surface area contributed by atoms with Crippen LogP contribution in [0.4, 0.5) is 17.1 Å². The molecule has 2 aromatic carbocycles. The first-order valence-corrected chi connectivity index (χ1v) is 5.89. The standard InChI is InChI=1S/C15H13N3O2/c1-20-15(19)13-8-12(5-6-14(13)17)18-11-4-2-3-10(7-11)9-16/h2-8,18H,17H2,1H3. The number of esters is 1. The SMILES string of the molecule is COC(=O)c1cc(Nc2cccc(C#N)c2)ccc1N. The monoisotopic (exact) mass is 267 g/mol. The summed E-state index contributed by atoms with van der Waals surface area (Å²) in [5.74, 6) is -0.489. The molecule has 0 saturated heterocycles. The van der Waals surface area contributed by atoms with Crippen molar-refractivity contribution in [1.29, 1.82) is 5.26 Å². The summed E-state index contributed by atoms with van der Waals surface area (Å²) in [4.78, 5) is 11.6. The highest BCUT2D eigenvalue weighted by Crippen LogP contribution is 2.22. The van der Waals surface area contributed by atoms with E-state index in [2.05, 4.69) is 16.1 Å². The molecule has 5 heteroatoms. The van der Waals surface area contributed by atoms with Crippen molar-refractivity contribution in [2.75, 3.05) is 18.2 Å². The van der Waals surface area contributed by atoms with E-state index >= 15 is 0 Å². The molecule has 0 aromatic heterocycles. The van der Waals surface area contributed by atoms with Gasteiger partial charge in [-0.2, -0.15) is 5.26 Å². The highest BCUT2D eigenvalue weighted by atomic mass is 16.5. The summed E-state index contributed by atoms with van der Waals surface area (Å²) in [6, 6.07) is 14.1. The van der Waals surface area contributed by atoms with Gasteiger partial charge in [0.1, 0.15) is 0 Å². The van der Waals surface area contributed by atoms with Crippen molar-refractivity contribution < 1.29 is 9.53 Å². The zero-order valence-corrected chi connectivity index (χ0v) is 10.9. The van der Waals surface area contributed by atoms with Gasteiger partial charge in [-0.15, -0.1) is 0 Å². The molecule has 20 heavy (non-hydrogen) atoms. The van der Waals surface area contributed by atoms with Gasteiger partial charge in [-0.25, -0.2) is 4.79 Å². The summed E-state index contributed by atoms with van der Waals surface area (Å²) in [5, 5.41) is 12.0. The van der Waals surface area contributed by atoms with Crippen LogP contribution in [0.2, 0.25) is 0 Å². The van der Waals surface area contributed by atoms with Gasteiger partial charge < -0.3 is 15.8 Å². The maximum atomic E-state index is 11.6. The van der Waals surface area contributed by atoms with Crippen LogP contribution < -0.4 is 11.1 Å². The second-order valence-corrected chi connectivity index (χ2v) is 4.11. The van der Waals surface area contributed by atoms with E-state index < -0.39 is 5.97 Å². The maximum absolute atomic E-state index is 11.6. The molecule has 100 valence electrons. The average Bonchev–Trinajstić information content (AvgIpc) is 2.48. The van der Waals surface area contributed by atoms with E-state index in [1.54, 1.807) is 36.4 Å². The fourth-order valence-corrected chi connectivity index (χ4v) is 1.75. The number of methoxy groups -OCH3 is 1. The Labute approximate surface area is 116 Å². The minimum absolute atomic E-state index is 0.300. The Hall–Kier alpha value is -3.00. The number of nitrogens with one attached hydrogen (secondary N) is 1. The molecule has 0 amide bonds. The molecule has 0 aliphatic heterocycles. The quantitative estimate of drug-likeness (QED) is 0.659. The molecular weight excluding hydrogens is 254 g/mol. The van der Waals surface area contributed by atoms with Crippen LogP contribution in [0.5, 0.6) is 0 Å². The third-order valence-corrected chi connectivity index (χ3v) is 2.74. The highest BCUT2D eigenvalue weighted by Gasteiger charge is 2.10. The molecule has 0 radical (unpaired) electrons. The van der Waals surface area contributed by atoms with Crippen LogP contribution in [-0.2, 0) is 4.74 Å². The number of ether oxygens (including phenoxy) is 1. The first-order valence-electron chi connectivity index (χ1n) is 5.89. The van der Waals surface area contributed by atoms with Crippen molar-refractivity contribution in [3.63, 3.8) is 0 Å². The van der Waals surface area contributed by atoms with Gasteiger partial charge in [0, 0.05) is 17.1 Å². The number of nitrogens with zero attached hydrogens (tertiary/aromatic N) is 1. The maximum Gasteiger partial charge on any atom is 0.340 e. The second kappa shape index (κ2) is 5.76. The second-order valence-electron chi connectivity index (χ2n) is 4.11. The molecule has 0 atom stereocenters. The zero-order valence-electron chi connectivity index (χ0n) is 10.9. The number of nitriles is 1. The third-order valence-electron chi connectivity index (χ3n) is 2.74. The van der Waals surface area contributed by atoms with Gasteiger partial charge in [-0.1, -0.05) is 6.07 Å². The fourth-order valence-electron chi connectivity index (χ4n) is 1.75. The number of hydrogen-bond acceptors (Lipinski definition) is 5. The van der Waals surface area contributed by atoms with E-state index in [0.717, 1.165) is 5.69 Å². The van der Waals surface area contributed by atoms with Crippen LogP contribution in [0.15, 0.2) is 42.5 Å². The van der Waals surface area contributed by atoms with Crippen molar-refractivity contribution in [2.45, 2.75) is 0 Å². The number of nitrogen functional groups attached to an aromatic ring is 1. The Kier molecular flexibility index (Phi) is 3.87. The van der Waals surface area contributed by atoms with Gasteiger partial charge in [-0.05, 0) is 36.4 Å². The van der Waals surface area contributed by atoms with Gasteiger partial charge in [0.15, 0.2) is 0 Å². The lowest BCUT2D eigenvalue weighted by molar-refractivity contribution is 0.0602. The van der Waals surface area contributed by atoms with Gasteiger partial charge in [0.05, 0.1) is 24.3 Å². The molecule has 0 fully saturated rings. The molecule has 0 bridgehead atoms. The Morgan fingerprint density at radius 2 is 2.00 bits per heavy atom.